The van der Waals surface area contributed by atoms with Crippen LogP contribution in [-0.2, 0) is 5.41 Å². The molecule has 3 nitrogen and oxygen atoms in total. The van der Waals surface area contributed by atoms with Gasteiger partial charge in [0.15, 0.2) is 5.75 Å². The highest BCUT2D eigenvalue weighted by molar-refractivity contribution is 5.14. The predicted molar refractivity (Wildman–Crippen MR) is 47.3 cm³/mol. The van der Waals surface area contributed by atoms with Crippen molar-refractivity contribution < 1.29 is 4.74 Å². The molecule has 12 heavy (non-hydrogen) atoms. The normalized spacial score (nSPS) is 11.3. The van der Waals surface area contributed by atoms with E-state index in [1.165, 1.54) is 0 Å². The van der Waals surface area contributed by atoms with Crippen LogP contribution >= 0.6 is 0 Å². The summed E-state index contributed by atoms with van der Waals surface area (Å²) in [4.78, 5) is 8.37. The van der Waals surface area contributed by atoms with E-state index >= 15 is 0 Å². The van der Waals surface area contributed by atoms with Crippen molar-refractivity contribution >= 4 is 0 Å². The lowest BCUT2D eigenvalue weighted by Gasteiger charge is -2.15. The Morgan fingerprint density at radius 3 is 2.00 bits per heavy atom. The minimum absolute atomic E-state index is 0.00622. The number of aromatic nitrogens is 2. The van der Waals surface area contributed by atoms with Gasteiger partial charge in [0.25, 0.3) is 0 Å². The largest absolute Gasteiger partial charge is 0.494 e. The molecule has 3 heteroatoms. The predicted octanol–water partition coefficient (Wildman–Crippen LogP) is 1.78. The lowest BCUT2D eigenvalue weighted by Crippen LogP contribution is -2.15. The summed E-state index contributed by atoms with van der Waals surface area (Å²) in [5, 5.41) is 0. The van der Waals surface area contributed by atoms with Crippen LogP contribution < -0.4 is 4.74 Å². The molecule has 0 saturated heterocycles. The van der Waals surface area contributed by atoms with Gasteiger partial charge in [-0.15, -0.1) is 0 Å². The van der Waals surface area contributed by atoms with Gasteiger partial charge in [-0.3, -0.25) is 0 Å². The minimum Gasteiger partial charge on any atom is -0.494 e. The van der Waals surface area contributed by atoms with E-state index in [4.69, 9.17) is 4.74 Å². The van der Waals surface area contributed by atoms with Crippen LogP contribution in [0.15, 0.2) is 12.4 Å². The van der Waals surface area contributed by atoms with Gasteiger partial charge >= 0.3 is 0 Å². The molecule has 0 N–H and O–H groups in total. The molecule has 0 aliphatic rings. The number of rotatable bonds is 1. The van der Waals surface area contributed by atoms with Gasteiger partial charge in [-0.05, 0) is 0 Å². The van der Waals surface area contributed by atoms with Crippen LogP contribution in [0.4, 0.5) is 0 Å². The molecule has 0 amide bonds. The highest BCUT2D eigenvalue weighted by atomic mass is 16.5. The zero-order valence-electron chi connectivity index (χ0n) is 7.96. The van der Waals surface area contributed by atoms with Crippen molar-refractivity contribution in [3.05, 3.63) is 18.2 Å². The van der Waals surface area contributed by atoms with Gasteiger partial charge in [0.1, 0.15) is 5.82 Å². The molecule has 0 unspecified atom stereocenters. The molecule has 1 heterocycles. The van der Waals surface area contributed by atoms with Crippen LogP contribution in [-0.4, -0.2) is 17.1 Å². The third-order valence-electron chi connectivity index (χ3n) is 1.53. The second kappa shape index (κ2) is 3.09. The summed E-state index contributed by atoms with van der Waals surface area (Å²) in [6.07, 6.45) is 3.38. The van der Waals surface area contributed by atoms with Crippen LogP contribution in [0.3, 0.4) is 0 Å². The lowest BCUT2D eigenvalue weighted by atomic mass is 9.96. The van der Waals surface area contributed by atoms with Crippen molar-refractivity contribution in [3.63, 3.8) is 0 Å². The maximum atomic E-state index is 4.96. The first-order chi connectivity index (χ1) is 5.54. The molecule has 0 saturated carbocycles. The van der Waals surface area contributed by atoms with Crippen molar-refractivity contribution in [3.8, 4) is 5.75 Å². The number of methoxy groups -OCH3 is 1. The van der Waals surface area contributed by atoms with Gasteiger partial charge in [0, 0.05) is 5.41 Å². The average Bonchev–Trinajstić information content (AvgIpc) is 2.03. The summed E-state index contributed by atoms with van der Waals surface area (Å²) in [5.41, 5.74) is 0.00622. The summed E-state index contributed by atoms with van der Waals surface area (Å²) in [6, 6.07) is 0. The first-order valence-electron chi connectivity index (χ1n) is 3.90. The Balaban J connectivity index is 2.93. The van der Waals surface area contributed by atoms with E-state index in [2.05, 4.69) is 30.7 Å². The molecule has 1 aromatic heterocycles. The molecule has 0 bridgehead atoms. The smallest absolute Gasteiger partial charge is 0.155 e. The molecule has 0 atom stereocenters. The topological polar surface area (TPSA) is 35.0 Å². The summed E-state index contributed by atoms with van der Waals surface area (Å²) in [6.45, 7) is 6.23. The Labute approximate surface area is 72.8 Å². The third-order valence-corrected chi connectivity index (χ3v) is 1.53. The molecule has 0 aliphatic carbocycles. The van der Waals surface area contributed by atoms with Crippen LogP contribution in [0.5, 0.6) is 5.75 Å². The maximum absolute atomic E-state index is 4.96. The summed E-state index contributed by atoms with van der Waals surface area (Å²) in [7, 11) is 1.61. The first kappa shape index (κ1) is 8.97. The van der Waals surface area contributed by atoms with Gasteiger partial charge in [-0.1, -0.05) is 20.8 Å². The highest BCUT2D eigenvalue weighted by Crippen LogP contribution is 2.18. The van der Waals surface area contributed by atoms with Crippen molar-refractivity contribution in [2.75, 3.05) is 7.11 Å². The van der Waals surface area contributed by atoms with Crippen LogP contribution in [0, 0.1) is 0 Å². The van der Waals surface area contributed by atoms with Crippen LogP contribution in [0.2, 0.25) is 0 Å². The SMILES string of the molecule is COc1cnc(C(C)(C)C)nc1. The molecular formula is C9H14N2O. The van der Waals surface area contributed by atoms with E-state index in [1.54, 1.807) is 19.5 Å². The zero-order valence-corrected chi connectivity index (χ0v) is 7.96. The van der Waals surface area contributed by atoms with Crippen LogP contribution in [0.25, 0.3) is 0 Å². The monoisotopic (exact) mass is 166 g/mol. The average molecular weight is 166 g/mol. The Morgan fingerprint density at radius 2 is 1.67 bits per heavy atom. The highest BCUT2D eigenvalue weighted by Gasteiger charge is 2.16. The number of nitrogens with zero attached hydrogens (tertiary/aromatic N) is 2. The Morgan fingerprint density at radius 1 is 1.17 bits per heavy atom. The van der Waals surface area contributed by atoms with Crippen molar-refractivity contribution in [2.24, 2.45) is 0 Å². The molecule has 66 valence electrons. The fourth-order valence-corrected chi connectivity index (χ4v) is 0.809. The van der Waals surface area contributed by atoms with Gasteiger partial charge in [0.05, 0.1) is 19.5 Å². The minimum atomic E-state index is 0.00622. The standard InChI is InChI=1S/C9H14N2O/c1-9(2,3)8-10-5-7(12-4)6-11-8/h5-6H,1-4H3. The van der Waals surface area contributed by atoms with E-state index in [0.29, 0.717) is 5.75 Å². The zero-order chi connectivity index (χ0) is 9.19. The Bertz CT molecular complexity index is 248. The maximum Gasteiger partial charge on any atom is 0.155 e. The lowest BCUT2D eigenvalue weighted by molar-refractivity contribution is 0.407. The van der Waals surface area contributed by atoms with E-state index < -0.39 is 0 Å². The second-order valence-electron chi connectivity index (χ2n) is 3.70. The summed E-state index contributed by atoms with van der Waals surface area (Å²) >= 11 is 0. The van der Waals surface area contributed by atoms with E-state index in [-0.39, 0.29) is 5.41 Å². The first-order valence-corrected chi connectivity index (χ1v) is 3.90. The van der Waals surface area contributed by atoms with Gasteiger partial charge < -0.3 is 4.74 Å². The van der Waals surface area contributed by atoms with E-state index in [9.17, 15) is 0 Å². The quantitative estimate of drug-likeness (QED) is 0.638. The van der Waals surface area contributed by atoms with Gasteiger partial charge in [-0.25, -0.2) is 9.97 Å². The molecule has 0 radical (unpaired) electrons. The summed E-state index contributed by atoms with van der Waals surface area (Å²) < 4.78 is 4.96. The molecule has 0 spiro atoms. The number of hydrogen-bond acceptors (Lipinski definition) is 3. The number of hydrogen-bond donors (Lipinski definition) is 0. The van der Waals surface area contributed by atoms with Crippen molar-refractivity contribution in [1.29, 1.82) is 0 Å². The summed E-state index contributed by atoms with van der Waals surface area (Å²) in [5.74, 6) is 1.53. The number of ether oxygens (including phenoxy) is 1. The van der Waals surface area contributed by atoms with Crippen molar-refractivity contribution in [1.82, 2.24) is 9.97 Å². The van der Waals surface area contributed by atoms with Crippen LogP contribution in [0.1, 0.15) is 26.6 Å². The molecule has 0 fully saturated rings. The molecule has 0 aromatic carbocycles. The molecule has 1 rings (SSSR count). The second-order valence-corrected chi connectivity index (χ2v) is 3.70. The van der Waals surface area contributed by atoms with E-state index in [1.807, 2.05) is 0 Å². The third kappa shape index (κ3) is 1.94. The molecule has 0 aliphatic heterocycles. The Hall–Kier alpha value is -1.12. The fraction of sp³-hybridized carbons (Fsp3) is 0.556. The van der Waals surface area contributed by atoms with Gasteiger partial charge in [-0.2, -0.15) is 0 Å². The van der Waals surface area contributed by atoms with Crippen molar-refractivity contribution in [2.45, 2.75) is 26.2 Å². The molecular weight excluding hydrogens is 152 g/mol. The van der Waals surface area contributed by atoms with E-state index in [0.717, 1.165) is 5.82 Å². The van der Waals surface area contributed by atoms with Gasteiger partial charge in [0.2, 0.25) is 0 Å². The fourth-order valence-electron chi connectivity index (χ4n) is 0.809. The molecule has 1 aromatic rings. The Kier molecular flexibility index (Phi) is 2.31.